The first-order valence-corrected chi connectivity index (χ1v) is 15.7. The number of rotatable bonds is 5. The van der Waals surface area contributed by atoms with Gasteiger partial charge in [-0.2, -0.15) is 0 Å². The van der Waals surface area contributed by atoms with E-state index in [1.54, 1.807) is 0 Å². The molecule has 0 spiro atoms. The quantitative estimate of drug-likeness (QED) is 0.196. The Hall–Kier alpha value is -6.33. The number of fused-ring (bicyclic) bond motifs is 4. The fraction of sp³-hybridized carbons (Fsp3) is 0.0238. The molecule has 0 unspecified atom stereocenters. The van der Waals surface area contributed by atoms with Gasteiger partial charge in [-0.05, 0) is 46.0 Å². The Morgan fingerprint density at radius 1 is 0.489 bits per heavy atom. The lowest BCUT2D eigenvalue weighted by Crippen LogP contribution is -2.00. The van der Waals surface area contributed by atoms with Crippen LogP contribution in [0.15, 0.2) is 150 Å². The second kappa shape index (κ2) is 11.2. The van der Waals surface area contributed by atoms with Crippen LogP contribution in [0.4, 0.5) is 5.69 Å². The van der Waals surface area contributed by atoms with E-state index in [0.29, 0.717) is 24.0 Å². The smallest absolute Gasteiger partial charge is 0.164 e. The lowest BCUT2D eigenvalue weighted by atomic mass is 9.96. The Balaban J connectivity index is 1.30. The summed E-state index contributed by atoms with van der Waals surface area (Å²) in [5.74, 6) is 1.82. The first-order chi connectivity index (χ1) is 23.3. The highest BCUT2D eigenvalue weighted by Crippen LogP contribution is 2.43. The number of aromatic nitrogens is 3. The molecule has 0 aliphatic carbocycles. The summed E-state index contributed by atoms with van der Waals surface area (Å²) >= 11 is 0. The molecule has 2 aromatic heterocycles. The molecule has 1 aliphatic heterocycles. The number of nitrogens with zero attached hydrogens (tertiary/aromatic N) is 4. The van der Waals surface area contributed by atoms with Crippen molar-refractivity contribution >= 4 is 33.7 Å². The van der Waals surface area contributed by atoms with Crippen LogP contribution in [0.5, 0.6) is 0 Å². The average molecular weight is 604 g/mol. The molecule has 3 heterocycles. The predicted molar refractivity (Wildman–Crippen MR) is 191 cm³/mol. The van der Waals surface area contributed by atoms with E-state index in [1.807, 2.05) is 66.7 Å². The average Bonchev–Trinajstić information content (AvgIpc) is 3.51. The first kappa shape index (κ1) is 27.0. The predicted octanol–water partition coefficient (Wildman–Crippen LogP) is 11.1. The van der Waals surface area contributed by atoms with Gasteiger partial charge in [0, 0.05) is 27.5 Å². The largest absolute Gasteiger partial charge is 0.681 e. The zero-order valence-corrected chi connectivity index (χ0v) is 25.3. The molecule has 9 rings (SSSR count). The van der Waals surface area contributed by atoms with E-state index in [0.717, 1.165) is 61.0 Å². The van der Waals surface area contributed by atoms with Crippen LogP contribution in [0.1, 0.15) is 5.56 Å². The third kappa shape index (κ3) is 4.95. The van der Waals surface area contributed by atoms with Gasteiger partial charge in [0.15, 0.2) is 17.5 Å². The van der Waals surface area contributed by atoms with E-state index in [-0.39, 0.29) is 0 Å². The summed E-state index contributed by atoms with van der Waals surface area (Å²) in [6, 6.07) is 47.7. The maximum atomic E-state index is 6.62. The maximum Gasteiger partial charge on any atom is 0.164 e. The third-order valence-electron chi connectivity index (χ3n) is 8.65. The van der Waals surface area contributed by atoms with Crippen molar-refractivity contribution in [1.82, 2.24) is 15.0 Å². The van der Waals surface area contributed by atoms with Crippen LogP contribution in [-0.4, -0.2) is 21.5 Å². The minimum atomic E-state index is 0.586. The zero-order chi connectivity index (χ0) is 31.2. The van der Waals surface area contributed by atoms with Crippen LogP contribution < -0.4 is 0 Å². The Labute approximate surface area is 271 Å². The number of benzene rings is 6. The van der Waals surface area contributed by atoms with E-state index in [2.05, 4.69) is 84.9 Å². The van der Waals surface area contributed by atoms with Gasteiger partial charge in [-0.1, -0.05) is 127 Å². The highest BCUT2D eigenvalue weighted by molar-refractivity contribution is 6.14. The van der Waals surface area contributed by atoms with Gasteiger partial charge >= 0.3 is 0 Å². The highest BCUT2D eigenvalue weighted by Gasteiger charge is 2.20. The SMILES string of the molecule is C1=Cc2cc3oc4cc(-c5ccc(-c6ccccc6)cc5)cc(-c5nc(-c6ccccc6)nc(-c6ccccc6)n5)c4c3cc2[N-]C1. The van der Waals surface area contributed by atoms with E-state index < -0.39 is 0 Å². The van der Waals surface area contributed by atoms with Gasteiger partial charge in [-0.15, -0.1) is 18.3 Å². The summed E-state index contributed by atoms with van der Waals surface area (Å²) in [4.78, 5) is 15.2. The van der Waals surface area contributed by atoms with Gasteiger partial charge in [0.2, 0.25) is 0 Å². The molecule has 8 aromatic rings. The lowest BCUT2D eigenvalue weighted by molar-refractivity contribution is 0.669. The molecule has 0 bridgehead atoms. The number of hydrogen-bond donors (Lipinski definition) is 0. The van der Waals surface area contributed by atoms with Crippen molar-refractivity contribution in [2.24, 2.45) is 0 Å². The summed E-state index contributed by atoms with van der Waals surface area (Å²) in [5, 5.41) is 6.72. The normalized spacial score (nSPS) is 12.3. The van der Waals surface area contributed by atoms with Crippen molar-refractivity contribution in [1.29, 1.82) is 0 Å². The van der Waals surface area contributed by atoms with Crippen molar-refractivity contribution < 1.29 is 4.42 Å². The first-order valence-electron chi connectivity index (χ1n) is 15.7. The number of furan rings is 1. The molecule has 0 atom stereocenters. The third-order valence-corrected chi connectivity index (χ3v) is 8.65. The van der Waals surface area contributed by atoms with Crippen molar-refractivity contribution in [2.75, 3.05) is 6.54 Å². The highest BCUT2D eigenvalue weighted by atomic mass is 16.3. The van der Waals surface area contributed by atoms with Crippen LogP contribution in [0.2, 0.25) is 0 Å². The molecule has 5 nitrogen and oxygen atoms in total. The Morgan fingerprint density at radius 2 is 1.04 bits per heavy atom. The molecule has 0 saturated heterocycles. The van der Waals surface area contributed by atoms with Crippen LogP contribution in [0.25, 0.3) is 89.7 Å². The summed E-state index contributed by atoms with van der Waals surface area (Å²) < 4.78 is 6.62. The minimum absolute atomic E-state index is 0.586. The fourth-order valence-electron chi connectivity index (χ4n) is 6.32. The molecule has 47 heavy (non-hydrogen) atoms. The van der Waals surface area contributed by atoms with E-state index in [1.165, 1.54) is 11.1 Å². The Bertz CT molecular complexity index is 2370. The van der Waals surface area contributed by atoms with Crippen molar-refractivity contribution in [3.05, 3.63) is 156 Å². The van der Waals surface area contributed by atoms with Gasteiger partial charge in [0.05, 0.1) is 0 Å². The molecule has 0 fully saturated rings. The summed E-state index contributed by atoms with van der Waals surface area (Å²) in [5.41, 5.74) is 10.8. The monoisotopic (exact) mass is 603 g/mol. The maximum absolute atomic E-state index is 6.62. The molecule has 0 saturated carbocycles. The molecule has 222 valence electrons. The molecule has 1 aliphatic rings. The van der Waals surface area contributed by atoms with Crippen LogP contribution >= 0.6 is 0 Å². The lowest BCUT2D eigenvalue weighted by Gasteiger charge is -2.25. The standard InChI is InChI=1S/C42H27N4O/c1-4-11-27(12-5-1)28-18-20-29(21-19-28)33-23-35(39-34-26-36-32(17-10-22-43-36)24-37(34)47-38(39)25-33)42-45-40(30-13-6-2-7-14-30)44-41(46-42)31-15-8-3-9-16-31/h1-21,23-26H,22H2/q-1. The Kier molecular flexibility index (Phi) is 6.46. The van der Waals surface area contributed by atoms with Gasteiger partial charge < -0.3 is 9.73 Å². The van der Waals surface area contributed by atoms with Gasteiger partial charge in [-0.3, -0.25) is 0 Å². The van der Waals surface area contributed by atoms with Crippen LogP contribution in [-0.2, 0) is 0 Å². The van der Waals surface area contributed by atoms with Crippen molar-refractivity contribution in [2.45, 2.75) is 0 Å². The molecule has 0 amide bonds. The van der Waals surface area contributed by atoms with Gasteiger partial charge in [0.1, 0.15) is 11.2 Å². The molecule has 0 N–H and O–H groups in total. The van der Waals surface area contributed by atoms with Gasteiger partial charge in [0.25, 0.3) is 0 Å². The zero-order valence-electron chi connectivity index (χ0n) is 25.3. The fourth-order valence-corrected chi connectivity index (χ4v) is 6.32. The van der Waals surface area contributed by atoms with E-state index >= 15 is 0 Å². The minimum Gasteiger partial charge on any atom is -0.681 e. The summed E-state index contributed by atoms with van der Waals surface area (Å²) in [6.07, 6.45) is 4.18. The van der Waals surface area contributed by atoms with Crippen LogP contribution in [0.3, 0.4) is 0 Å². The molecule has 5 heteroatoms. The van der Waals surface area contributed by atoms with Crippen LogP contribution in [0, 0.1) is 0 Å². The molecule has 6 aromatic carbocycles. The van der Waals surface area contributed by atoms with E-state index in [9.17, 15) is 0 Å². The second-order valence-electron chi connectivity index (χ2n) is 11.6. The second-order valence-corrected chi connectivity index (χ2v) is 11.6. The van der Waals surface area contributed by atoms with Gasteiger partial charge in [-0.25, -0.2) is 15.0 Å². The Morgan fingerprint density at radius 3 is 1.68 bits per heavy atom. The molecular weight excluding hydrogens is 576 g/mol. The summed E-state index contributed by atoms with van der Waals surface area (Å²) in [7, 11) is 0. The van der Waals surface area contributed by atoms with E-state index in [4.69, 9.17) is 24.7 Å². The van der Waals surface area contributed by atoms with Crippen molar-refractivity contribution in [3.63, 3.8) is 0 Å². The number of hydrogen-bond acceptors (Lipinski definition) is 4. The van der Waals surface area contributed by atoms with Crippen molar-refractivity contribution in [3.8, 4) is 56.4 Å². The molecular formula is C42H27N4O-. The topological polar surface area (TPSA) is 65.9 Å². The summed E-state index contributed by atoms with van der Waals surface area (Å²) in [6.45, 7) is 0.665. The molecule has 0 radical (unpaired) electrons.